The van der Waals surface area contributed by atoms with Crippen molar-refractivity contribution in [2.75, 3.05) is 0 Å². The van der Waals surface area contributed by atoms with Gasteiger partial charge in [-0.2, -0.15) is 0 Å². The largest absolute Gasteiger partial charge is 0.290 e. The van der Waals surface area contributed by atoms with E-state index in [1.165, 1.54) is 16.7 Å². The molecule has 0 atom stereocenters. The van der Waals surface area contributed by atoms with Crippen molar-refractivity contribution in [2.24, 2.45) is 0 Å². The topological polar surface area (TPSA) is 59.1 Å². The normalized spacial score (nSPS) is 16.3. The van der Waals surface area contributed by atoms with Crippen molar-refractivity contribution in [1.82, 2.24) is 10.3 Å². The molecule has 0 unspecified atom stereocenters. The van der Waals surface area contributed by atoms with Crippen LogP contribution in [0.25, 0.3) is 28.1 Å². The Labute approximate surface area is 140 Å². The molecule has 23 heavy (non-hydrogen) atoms. The number of carbonyl (C=O) groups is 2. The molecule has 112 valence electrons. The molecule has 0 radical (unpaired) electrons. The second-order valence-corrected chi connectivity index (χ2v) is 6.89. The molecule has 0 aliphatic carbocycles. The van der Waals surface area contributed by atoms with Crippen LogP contribution in [0.5, 0.6) is 0 Å². The van der Waals surface area contributed by atoms with E-state index in [1.54, 1.807) is 6.08 Å². The Kier molecular flexibility index (Phi) is 3.48. The lowest BCUT2D eigenvalue weighted by Crippen LogP contribution is -2.17. The van der Waals surface area contributed by atoms with E-state index in [2.05, 4.69) is 34.6 Å². The highest BCUT2D eigenvalue weighted by Crippen LogP contribution is 2.29. The fourth-order valence-corrected chi connectivity index (χ4v) is 3.86. The van der Waals surface area contributed by atoms with E-state index in [-0.39, 0.29) is 11.1 Å². The summed E-state index contributed by atoms with van der Waals surface area (Å²) in [5.41, 5.74) is 1.89. The summed E-state index contributed by atoms with van der Waals surface area (Å²) in [6, 6.07) is 14.4. The maximum absolute atomic E-state index is 11.6. The zero-order chi connectivity index (χ0) is 15.8. The van der Waals surface area contributed by atoms with Crippen LogP contribution >= 0.6 is 23.1 Å². The fourth-order valence-electron chi connectivity index (χ4n) is 2.37. The average Bonchev–Trinajstić information content (AvgIpc) is 3.14. The number of hydrogen-bond donors (Lipinski definition) is 1. The third-order valence-electron chi connectivity index (χ3n) is 3.46. The Balaban J connectivity index is 1.68. The van der Waals surface area contributed by atoms with Gasteiger partial charge in [0.2, 0.25) is 0 Å². The van der Waals surface area contributed by atoms with Gasteiger partial charge in [0.05, 0.1) is 10.6 Å². The number of nitrogens with zero attached hydrogens (tertiary/aromatic N) is 1. The molecule has 2 amide bonds. The Morgan fingerprint density at radius 2 is 1.87 bits per heavy atom. The van der Waals surface area contributed by atoms with Crippen molar-refractivity contribution in [2.45, 2.75) is 0 Å². The number of nitrogens with one attached hydrogen (secondary N) is 1. The minimum Gasteiger partial charge on any atom is -0.282 e. The van der Waals surface area contributed by atoms with Crippen LogP contribution in [0.1, 0.15) is 5.01 Å². The number of aromatic nitrogens is 1. The van der Waals surface area contributed by atoms with Crippen LogP contribution in [0.3, 0.4) is 0 Å². The SMILES string of the molecule is O=C1NC(=O)/C(=C/c2nc(-c3ccc4ccccc4c3)cs2)S1. The predicted octanol–water partition coefficient (Wildman–Crippen LogP) is 4.29. The lowest BCUT2D eigenvalue weighted by Gasteiger charge is -2.00. The molecule has 0 bridgehead atoms. The minimum atomic E-state index is -0.359. The third-order valence-corrected chi connectivity index (χ3v) is 5.07. The Morgan fingerprint density at radius 1 is 1.04 bits per heavy atom. The van der Waals surface area contributed by atoms with Gasteiger partial charge in [-0.1, -0.05) is 36.4 Å². The van der Waals surface area contributed by atoms with E-state index in [4.69, 9.17) is 0 Å². The van der Waals surface area contributed by atoms with Crippen LogP contribution in [0.15, 0.2) is 52.7 Å². The molecular formula is C17H10N2O2S2. The Morgan fingerprint density at radius 3 is 2.65 bits per heavy atom. The van der Waals surface area contributed by atoms with Crippen LogP contribution in [0, 0.1) is 0 Å². The number of thioether (sulfide) groups is 1. The van der Waals surface area contributed by atoms with Crippen LogP contribution in [-0.4, -0.2) is 16.1 Å². The van der Waals surface area contributed by atoms with Gasteiger partial charge >= 0.3 is 0 Å². The predicted molar refractivity (Wildman–Crippen MR) is 94.2 cm³/mol. The quantitative estimate of drug-likeness (QED) is 0.708. The lowest BCUT2D eigenvalue weighted by molar-refractivity contribution is -0.115. The molecule has 1 aromatic heterocycles. The number of hydrogen-bond acceptors (Lipinski definition) is 5. The van der Waals surface area contributed by atoms with Gasteiger partial charge < -0.3 is 0 Å². The van der Waals surface area contributed by atoms with Gasteiger partial charge in [0.25, 0.3) is 11.1 Å². The van der Waals surface area contributed by atoms with Crippen LogP contribution in [0.4, 0.5) is 4.79 Å². The van der Waals surface area contributed by atoms with Gasteiger partial charge in [-0.3, -0.25) is 14.9 Å². The number of benzene rings is 2. The highest BCUT2D eigenvalue weighted by atomic mass is 32.2. The molecule has 3 aromatic rings. The number of carbonyl (C=O) groups excluding carboxylic acids is 2. The Bertz CT molecular complexity index is 975. The van der Waals surface area contributed by atoms with Gasteiger partial charge in [0.1, 0.15) is 5.01 Å². The molecule has 0 saturated carbocycles. The van der Waals surface area contributed by atoms with Gasteiger partial charge in [0.15, 0.2) is 0 Å². The van der Waals surface area contributed by atoms with E-state index in [0.29, 0.717) is 9.91 Å². The molecular weight excluding hydrogens is 328 g/mol. The molecule has 6 heteroatoms. The Hall–Kier alpha value is -2.44. The number of fused-ring (bicyclic) bond motifs is 1. The average molecular weight is 338 g/mol. The summed E-state index contributed by atoms with van der Waals surface area (Å²) in [7, 11) is 0. The molecule has 1 saturated heterocycles. The highest BCUT2D eigenvalue weighted by Gasteiger charge is 2.25. The van der Waals surface area contributed by atoms with E-state index in [0.717, 1.165) is 28.4 Å². The summed E-state index contributed by atoms with van der Waals surface area (Å²) in [6.45, 7) is 0. The van der Waals surface area contributed by atoms with E-state index in [9.17, 15) is 9.59 Å². The maximum Gasteiger partial charge on any atom is 0.290 e. The van der Waals surface area contributed by atoms with Crippen LogP contribution < -0.4 is 5.32 Å². The highest BCUT2D eigenvalue weighted by molar-refractivity contribution is 8.18. The van der Waals surface area contributed by atoms with Gasteiger partial charge in [-0.05, 0) is 34.7 Å². The summed E-state index contributed by atoms with van der Waals surface area (Å²) in [5, 5.41) is 6.91. The maximum atomic E-state index is 11.6. The molecule has 2 heterocycles. The summed E-state index contributed by atoms with van der Waals surface area (Å²) < 4.78 is 0. The van der Waals surface area contributed by atoms with Crippen molar-refractivity contribution in [3.63, 3.8) is 0 Å². The first kappa shape index (κ1) is 14.2. The van der Waals surface area contributed by atoms with Gasteiger partial charge in [-0.25, -0.2) is 4.98 Å². The smallest absolute Gasteiger partial charge is 0.282 e. The second-order valence-electron chi connectivity index (χ2n) is 4.99. The summed E-state index contributed by atoms with van der Waals surface area (Å²) in [4.78, 5) is 27.7. The number of amides is 2. The molecule has 1 aliphatic rings. The second kappa shape index (κ2) is 5.64. The summed E-state index contributed by atoms with van der Waals surface area (Å²) in [5.74, 6) is -0.359. The van der Waals surface area contributed by atoms with E-state index >= 15 is 0 Å². The van der Waals surface area contributed by atoms with E-state index in [1.807, 2.05) is 23.6 Å². The van der Waals surface area contributed by atoms with Crippen molar-refractivity contribution >= 4 is 51.1 Å². The van der Waals surface area contributed by atoms with Crippen molar-refractivity contribution < 1.29 is 9.59 Å². The van der Waals surface area contributed by atoms with Crippen molar-refractivity contribution in [1.29, 1.82) is 0 Å². The summed E-state index contributed by atoms with van der Waals surface area (Å²) in [6.07, 6.45) is 1.65. The van der Waals surface area contributed by atoms with Crippen LogP contribution in [0.2, 0.25) is 0 Å². The van der Waals surface area contributed by atoms with Crippen molar-refractivity contribution in [3.05, 3.63) is 57.8 Å². The standard InChI is InChI=1S/C17H10N2O2S2/c20-16-14(23-17(21)19-16)8-15-18-13(9-22-15)12-6-5-10-3-1-2-4-11(10)7-12/h1-9H,(H,19,20,21)/b14-8-. The third kappa shape index (κ3) is 2.78. The first-order valence-electron chi connectivity index (χ1n) is 6.88. The molecule has 1 fully saturated rings. The lowest BCUT2D eigenvalue weighted by atomic mass is 10.1. The van der Waals surface area contributed by atoms with Crippen LogP contribution in [-0.2, 0) is 4.79 Å². The van der Waals surface area contributed by atoms with Gasteiger partial charge in [0, 0.05) is 10.9 Å². The summed E-state index contributed by atoms with van der Waals surface area (Å²) >= 11 is 2.35. The zero-order valence-corrected chi connectivity index (χ0v) is 13.4. The fraction of sp³-hybridized carbons (Fsp3) is 0. The first-order chi connectivity index (χ1) is 11.2. The molecule has 0 spiro atoms. The molecule has 4 rings (SSSR count). The molecule has 2 aromatic carbocycles. The number of thiazole rings is 1. The minimum absolute atomic E-state index is 0.340. The number of imide groups is 1. The monoisotopic (exact) mass is 338 g/mol. The number of rotatable bonds is 2. The molecule has 1 aliphatic heterocycles. The zero-order valence-electron chi connectivity index (χ0n) is 11.8. The first-order valence-corrected chi connectivity index (χ1v) is 8.58. The van der Waals surface area contributed by atoms with Crippen molar-refractivity contribution in [3.8, 4) is 11.3 Å². The van der Waals surface area contributed by atoms with E-state index < -0.39 is 0 Å². The molecule has 4 nitrogen and oxygen atoms in total. The molecule has 1 N–H and O–H groups in total. The van der Waals surface area contributed by atoms with Gasteiger partial charge in [-0.15, -0.1) is 11.3 Å².